The number of fused-ring (bicyclic) bond motifs is 6. The minimum absolute atomic E-state index is 0.111. The Kier molecular flexibility index (Phi) is 8.54. The molecule has 2 aromatic rings. The highest BCUT2D eigenvalue weighted by Gasteiger charge is 2.68. The number of hydrogen-bond donors (Lipinski definition) is 13. The lowest BCUT2D eigenvalue weighted by Gasteiger charge is -2.51. The molecule has 20 heteroatoms. The Bertz CT molecular complexity index is 2540. The molecule has 0 radical (unpaired) electrons. The second-order valence-electron chi connectivity index (χ2n) is 15.4. The third kappa shape index (κ3) is 4.80. The Morgan fingerprint density at radius 2 is 1.27 bits per heavy atom. The SMILES string of the molecule is CO[C@H]1[C@H]2[C@H](N)C(=O)C(C(N)=O)=C(O)[C@@]2(O)C(=O)C2=C(O)c3c(ccc(NC(=O)C4=C(O)[C@@]5(O)C(=O)C6=C(O)c7c(O)cccc7C[C@H]6[C@@H](O)[C@H]5[C@H](N)C4=O)c3O)C[C@H]21. The van der Waals surface area contributed by atoms with E-state index in [1.54, 1.807) is 0 Å². The monoisotopic (exact) mass is 816 g/mol. The van der Waals surface area contributed by atoms with Crippen molar-refractivity contribution in [3.05, 3.63) is 86.4 Å². The molecule has 59 heavy (non-hydrogen) atoms. The summed E-state index contributed by atoms with van der Waals surface area (Å²) in [7, 11) is 1.14. The van der Waals surface area contributed by atoms with Crippen LogP contribution in [-0.4, -0.2) is 124 Å². The van der Waals surface area contributed by atoms with Gasteiger partial charge in [0, 0.05) is 30.1 Å². The maximum atomic E-state index is 14.1. The van der Waals surface area contributed by atoms with Crippen molar-refractivity contribution in [1.29, 1.82) is 0 Å². The molecule has 10 atom stereocenters. The number of Topliss-reactive ketones (excluding diaryl/α,β-unsaturated/α-hetero) is 4. The summed E-state index contributed by atoms with van der Waals surface area (Å²) in [6.07, 6.45) is -3.64. The van der Waals surface area contributed by atoms with E-state index in [2.05, 4.69) is 5.32 Å². The average molecular weight is 817 g/mol. The third-order valence-corrected chi connectivity index (χ3v) is 12.7. The molecule has 6 aliphatic carbocycles. The molecule has 6 aliphatic rings. The van der Waals surface area contributed by atoms with Gasteiger partial charge < -0.3 is 73.2 Å². The summed E-state index contributed by atoms with van der Waals surface area (Å²) >= 11 is 0. The van der Waals surface area contributed by atoms with E-state index in [1.165, 1.54) is 24.3 Å². The Hall–Kier alpha value is -6.42. The molecule has 0 heterocycles. The fourth-order valence-corrected chi connectivity index (χ4v) is 10.0. The van der Waals surface area contributed by atoms with Crippen LogP contribution in [0.4, 0.5) is 5.69 Å². The Balaban J connectivity index is 1.19. The molecule has 2 fully saturated rings. The first-order chi connectivity index (χ1) is 27.7. The first-order valence-electron chi connectivity index (χ1n) is 18.0. The van der Waals surface area contributed by atoms with Gasteiger partial charge >= 0.3 is 0 Å². The number of nitrogens with two attached hydrogens (primary N) is 3. The first kappa shape index (κ1) is 39.4. The van der Waals surface area contributed by atoms with Gasteiger partial charge in [-0.05, 0) is 36.1 Å². The summed E-state index contributed by atoms with van der Waals surface area (Å²) in [4.78, 5) is 80.9. The van der Waals surface area contributed by atoms with Crippen LogP contribution >= 0.6 is 0 Å². The van der Waals surface area contributed by atoms with E-state index in [1.807, 2.05) is 0 Å². The molecule has 2 amide bonds. The number of phenolic OH excluding ortho intramolecular Hbond substituents is 2. The average Bonchev–Trinajstić information content (AvgIpc) is 3.17. The number of aliphatic hydroxyl groups excluding tert-OH is 5. The van der Waals surface area contributed by atoms with Gasteiger partial charge in [0.15, 0.2) is 22.8 Å². The molecule has 0 aromatic heterocycles. The summed E-state index contributed by atoms with van der Waals surface area (Å²) in [5.74, 6) is -20.6. The van der Waals surface area contributed by atoms with Crippen molar-refractivity contribution >= 4 is 52.2 Å². The van der Waals surface area contributed by atoms with Crippen molar-refractivity contribution in [2.45, 2.75) is 48.3 Å². The zero-order valence-electron chi connectivity index (χ0n) is 30.5. The Morgan fingerprint density at radius 1 is 0.746 bits per heavy atom. The van der Waals surface area contributed by atoms with Crippen LogP contribution in [0.25, 0.3) is 11.5 Å². The molecule has 308 valence electrons. The van der Waals surface area contributed by atoms with E-state index < -0.39 is 162 Å². The molecule has 0 bridgehead atoms. The number of primary amides is 1. The third-order valence-electron chi connectivity index (χ3n) is 12.7. The maximum Gasteiger partial charge on any atom is 0.263 e. The fourth-order valence-electron chi connectivity index (χ4n) is 10.0. The number of aromatic hydroxyl groups is 2. The molecule has 20 nitrogen and oxygen atoms in total. The molecule has 16 N–H and O–H groups in total. The lowest BCUT2D eigenvalue weighted by Crippen LogP contribution is -2.70. The van der Waals surface area contributed by atoms with E-state index >= 15 is 0 Å². The zero-order chi connectivity index (χ0) is 43.1. The standard InChI is InChI=1S/C39H36N4O16/c1-59-31-12-8-10-5-6-13(26(46)16(10)28(48)18(12)33(52)39(58)22(31)24(41)29(49)19(34(39)53)36(42)55)43-37(56)20-30(50)23(40)21-25(45)11-7-9-3-2-4-14(44)15(9)27(47)17(11)32(51)38(21,57)35(20)54/h2-6,11-12,21-25,31,44-48,53-54,57-58H,7-8,40-41H2,1H3,(H2,42,55)(H,43,56)/t11-,12-,21-,22-,23+,24+,25-,31-,38+,39+/m1/s1. The van der Waals surface area contributed by atoms with Gasteiger partial charge in [-0.25, -0.2) is 0 Å². The second-order valence-corrected chi connectivity index (χ2v) is 15.4. The van der Waals surface area contributed by atoms with Crippen molar-refractivity contribution in [2.24, 2.45) is 40.9 Å². The van der Waals surface area contributed by atoms with Crippen LogP contribution in [0.1, 0.15) is 22.3 Å². The number of rotatable bonds is 4. The number of amides is 2. The number of ether oxygens (including phenoxy) is 1. The predicted octanol–water partition coefficient (Wildman–Crippen LogP) is -2.22. The fraction of sp³-hybridized carbons (Fsp3) is 0.333. The Morgan fingerprint density at radius 3 is 1.90 bits per heavy atom. The highest BCUT2D eigenvalue weighted by atomic mass is 16.5. The highest BCUT2D eigenvalue weighted by molar-refractivity contribution is 6.28. The van der Waals surface area contributed by atoms with Gasteiger partial charge in [-0.3, -0.25) is 28.8 Å². The van der Waals surface area contributed by atoms with E-state index in [-0.39, 0.29) is 24.0 Å². The molecular formula is C39H36N4O16. The highest BCUT2D eigenvalue weighted by Crippen LogP contribution is 2.55. The van der Waals surface area contributed by atoms with Crippen LogP contribution in [0.15, 0.2) is 64.1 Å². The number of aliphatic hydroxyl groups is 7. The topological polar surface area (TPSA) is 384 Å². The molecular weight excluding hydrogens is 780 g/mol. The van der Waals surface area contributed by atoms with Crippen molar-refractivity contribution in [1.82, 2.24) is 0 Å². The number of methoxy groups -OCH3 is 1. The number of carbonyl (C=O) groups is 6. The van der Waals surface area contributed by atoms with Crippen molar-refractivity contribution < 1.29 is 79.5 Å². The second kappa shape index (κ2) is 12.8. The van der Waals surface area contributed by atoms with Gasteiger partial charge in [0.05, 0.1) is 52.9 Å². The van der Waals surface area contributed by atoms with E-state index in [0.717, 1.165) is 13.2 Å². The van der Waals surface area contributed by atoms with Crippen molar-refractivity contribution in [3.8, 4) is 11.5 Å². The summed E-state index contributed by atoms with van der Waals surface area (Å²) < 4.78 is 5.57. The lowest BCUT2D eigenvalue weighted by atomic mass is 9.56. The van der Waals surface area contributed by atoms with Gasteiger partial charge in [0.25, 0.3) is 11.8 Å². The van der Waals surface area contributed by atoms with Crippen LogP contribution in [0.5, 0.6) is 11.5 Å². The maximum absolute atomic E-state index is 14.1. The minimum atomic E-state index is -3.27. The van der Waals surface area contributed by atoms with Crippen molar-refractivity contribution in [2.75, 3.05) is 12.4 Å². The van der Waals surface area contributed by atoms with Gasteiger partial charge in [-0.1, -0.05) is 18.2 Å². The van der Waals surface area contributed by atoms with Crippen molar-refractivity contribution in [3.63, 3.8) is 0 Å². The van der Waals surface area contributed by atoms with Crippen LogP contribution < -0.4 is 22.5 Å². The number of carbonyl (C=O) groups excluding carboxylic acids is 6. The number of benzene rings is 2. The molecule has 8 rings (SSSR count). The van der Waals surface area contributed by atoms with E-state index in [4.69, 9.17) is 21.9 Å². The number of nitrogens with one attached hydrogen (secondary N) is 1. The van der Waals surface area contributed by atoms with Crippen LogP contribution in [-0.2, 0) is 46.3 Å². The molecule has 0 aliphatic heterocycles. The summed E-state index contributed by atoms with van der Waals surface area (Å²) in [6.45, 7) is 0. The van der Waals surface area contributed by atoms with Crippen LogP contribution in [0.2, 0.25) is 0 Å². The molecule has 0 spiro atoms. The first-order valence-corrected chi connectivity index (χ1v) is 18.0. The lowest BCUT2D eigenvalue weighted by molar-refractivity contribution is -0.165. The minimum Gasteiger partial charge on any atom is -0.508 e. The van der Waals surface area contributed by atoms with Gasteiger partial charge in [0.1, 0.15) is 45.7 Å². The Labute approximate surface area is 330 Å². The molecule has 0 saturated heterocycles. The van der Waals surface area contributed by atoms with E-state index in [0.29, 0.717) is 5.56 Å². The summed E-state index contributed by atoms with van der Waals surface area (Å²) in [5, 5.41) is 104. The number of ketones is 4. The smallest absolute Gasteiger partial charge is 0.263 e. The quantitative estimate of drug-likeness (QED) is 0.115. The molecule has 2 saturated carbocycles. The summed E-state index contributed by atoms with van der Waals surface area (Å²) in [6, 6.07) is 2.75. The molecule has 0 unspecified atom stereocenters. The van der Waals surface area contributed by atoms with Gasteiger partial charge in [-0.15, -0.1) is 0 Å². The predicted molar refractivity (Wildman–Crippen MR) is 196 cm³/mol. The number of anilines is 1. The number of hydrogen-bond acceptors (Lipinski definition) is 18. The zero-order valence-corrected chi connectivity index (χ0v) is 30.5. The largest absolute Gasteiger partial charge is 0.508 e. The number of phenols is 2. The van der Waals surface area contributed by atoms with Gasteiger partial charge in [0.2, 0.25) is 11.6 Å². The molecule has 2 aromatic carbocycles. The van der Waals surface area contributed by atoms with Crippen LogP contribution in [0, 0.1) is 23.7 Å². The van der Waals surface area contributed by atoms with Crippen LogP contribution in [0.3, 0.4) is 0 Å². The summed E-state index contributed by atoms with van der Waals surface area (Å²) in [5.41, 5.74) is 6.67. The van der Waals surface area contributed by atoms with Gasteiger partial charge in [-0.2, -0.15) is 0 Å². The van der Waals surface area contributed by atoms with E-state index in [9.17, 15) is 74.7 Å². The normalized spacial score (nSPS) is 33.8.